The van der Waals surface area contributed by atoms with Crippen LogP contribution >= 0.6 is 0 Å². The SMILES string of the molecule is Cc1ccc(/C=C/C(=O)Nc2cc(=O)n(C)c(=O)n2C)o1. The number of rotatable bonds is 3. The summed E-state index contributed by atoms with van der Waals surface area (Å²) in [7, 11) is 2.84. The number of carbonyl (C=O) groups is 1. The molecule has 0 fully saturated rings. The summed E-state index contributed by atoms with van der Waals surface area (Å²) < 4.78 is 7.43. The molecule has 2 rings (SSSR count). The van der Waals surface area contributed by atoms with E-state index >= 15 is 0 Å². The van der Waals surface area contributed by atoms with Gasteiger partial charge in [-0.1, -0.05) is 0 Å². The van der Waals surface area contributed by atoms with Gasteiger partial charge in [0.1, 0.15) is 17.3 Å². The van der Waals surface area contributed by atoms with E-state index in [0.717, 1.165) is 10.3 Å². The van der Waals surface area contributed by atoms with E-state index in [2.05, 4.69) is 5.32 Å². The summed E-state index contributed by atoms with van der Waals surface area (Å²) >= 11 is 0. The van der Waals surface area contributed by atoms with Crippen molar-refractivity contribution in [2.24, 2.45) is 14.1 Å². The van der Waals surface area contributed by atoms with Gasteiger partial charge in [0.15, 0.2) is 0 Å². The van der Waals surface area contributed by atoms with E-state index in [4.69, 9.17) is 4.42 Å². The highest BCUT2D eigenvalue weighted by atomic mass is 16.3. The molecule has 0 spiro atoms. The Morgan fingerprint density at radius 3 is 2.57 bits per heavy atom. The van der Waals surface area contributed by atoms with Gasteiger partial charge >= 0.3 is 5.69 Å². The lowest BCUT2D eigenvalue weighted by atomic mass is 10.3. The zero-order valence-electron chi connectivity index (χ0n) is 11.9. The summed E-state index contributed by atoms with van der Waals surface area (Å²) in [6.45, 7) is 1.80. The summed E-state index contributed by atoms with van der Waals surface area (Å²) in [5, 5.41) is 2.48. The zero-order chi connectivity index (χ0) is 15.6. The molecule has 2 heterocycles. The largest absolute Gasteiger partial charge is 0.462 e. The molecule has 1 amide bonds. The van der Waals surface area contributed by atoms with E-state index < -0.39 is 17.2 Å². The third-order valence-electron chi connectivity index (χ3n) is 2.94. The lowest BCUT2D eigenvalue weighted by Crippen LogP contribution is -2.37. The quantitative estimate of drug-likeness (QED) is 0.840. The standard InChI is InChI=1S/C14H15N3O4/c1-9-4-5-10(21-9)6-7-12(18)15-11-8-13(19)17(3)14(20)16(11)2/h4-8H,1-3H3,(H,15,18)/b7-6+. The molecule has 2 aromatic rings. The molecule has 1 N–H and O–H groups in total. The maximum absolute atomic E-state index is 11.8. The van der Waals surface area contributed by atoms with E-state index in [0.29, 0.717) is 5.76 Å². The monoisotopic (exact) mass is 289 g/mol. The second-order valence-corrected chi connectivity index (χ2v) is 4.54. The third-order valence-corrected chi connectivity index (χ3v) is 2.94. The van der Waals surface area contributed by atoms with E-state index in [1.165, 1.54) is 36.9 Å². The van der Waals surface area contributed by atoms with Crippen LogP contribution in [0.1, 0.15) is 11.5 Å². The highest BCUT2D eigenvalue weighted by Crippen LogP contribution is 2.08. The normalized spacial score (nSPS) is 11.0. The molecule has 7 heteroatoms. The molecular formula is C14H15N3O4. The number of aromatic nitrogens is 2. The van der Waals surface area contributed by atoms with Crippen LogP contribution in [0.5, 0.6) is 0 Å². The number of amides is 1. The highest BCUT2D eigenvalue weighted by molar-refractivity contribution is 6.01. The van der Waals surface area contributed by atoms with E-state index in [1.54, 1.807) is 19.1 Å². The molecule has 0 aromatic carbocycles. The highest BCUT2D eigenvalue weighted by Gasteiger charge is 2.07. The topological polar surface area (TPSA) is 86.2 Å². The van der Waals surface area contributed by atoms with Crippen molar-refractivity contribution >= 4 is 17.8 Å². The van der Waals surface area contributed by atoms with Gasteiger partial charge in [0.2, 0.25) is 5.91 Å². The molecule has 0 bridgehead atoms. The molecule has 0 unspecified atom stereocenters. The maximum atomic E-state index is 11.8. The van der Waals surface area contributed by atoms with Crippen LogP contribution < -0.4 is 16.6 Å². The summed E-state index contributed by atoms with van der Waals surface area (Å²) in [6, 6.07) is 4.69. The van der Waals surface area contributed by atoms with Crippen molar-refractivity contribution in [3.8, 4) is 0 Å². The van der Waals surface area contributed by atoms with Crippen molar-refractivity contribution in [2.75, 3.05) is 5.32 Å². The first-order chi connectivity index (χ1) is 9.88. The van der Waals surface area contributed by atoms with Crippen LogP contribution in [0.2, 0.25) is 0 Å². The zero-order valence-corrected chi connectivity index (χ0v) is 11.9. The molecule has 110 valence electrons. The third kappa shape index (κ3) is 3.19. The fraction of sp³-hybridized carbons (Fsp3) is 0.214. The fourth-order valence-corrected chi connectivity index (χ4v) is 1.72. The summed E-state index contributed by atoms with van der Waals surface area (Å²) in [5.74, 6) is 0.949. The molecule has 0 atom stereocenters. The first-order valence-corrected chi connectivity index (χ1v) is 6.21. The molecule has 2 aromatic heterocycles. The molecule has 7 nitrogen and oxygen atoms in total. The van der Waals surface area contributed by atoms with Gasteiger partial charge in [-0.25, -0.2) is 4.79 Å². The Balaban J connectivity index is 2.19. The average Bonchev–Trinajstić information content (AvgIpc) is 2.86. The summed E-state index contributed by atoms with van der Waals surface area (Å²) in [5.41, 5.74) is -0.998. The van der Waals surface area contributed by atoms with Crippen LogP contribution in [0.3, 0.4) is 0 Å². The van der Waals surface area contributed by atoms with Crippen molar-refractivity contribution in [1.29, 1.82) is 0 Å². The first kappa shape index (κ1) is 14.6. The number of carbonyl (C=O) groups excluding carboxylic acids is 1. The lowest BCUT2D eigenvalue weighted by Gasteiger charge is -2.08. The minimum Gasteiger partial charge on any atom is -0.462 e. The minimum atomic E-state index is -0.511. The van der Waals surface area contributed by atoms with Gasteiger partial charge in [-0.2, -0.15) is 0 Å². The van der Waals surface area contributed by atoms with Crippen molar-refractivity contribution in [1.82, 2.24) is 9.13 Å². The predicted molar refractivity (Wildman–Crippen MR) is 78.0 cm³/mol. The molecule has 0 aliphatic carbocycles. The van der Waals surface area contributed by atoms with Gasteiger partial charge < -0.3 is 9.73 Å². The van der Waals surface area contributed by atoms with Crippen LogP contribution in [0.4, 0.5) is 5.82 Å². The van der Waals surface area contributed by atoms with E-state index in [9.17, 15) is 14.4 Å². The van der Waals surface area contributed by atoms with Gasteiger partial charge in [0, 0.05) is 26.2 Å². The Bertz CT molecular complexity index is 823. The smallest absolute Gasteiger partial charge is 0.332 e. The number of nitrogens with zero attached hydrogens (tertiary/aromatic N) is 2. The van der Waals surface area contributed by atoms with Crippen LogP contribution in [0.15, 0.2) is 38.3 Å². The number of hydrogen-bond donors (Lipinski definition) is 1. The van der Waals surface area contributed by atoms with Crippen LogP contribution in [-0.2, 0) is 18.9 Å². The molecule has 0 radical (unpaired) electrons. The first-order valence-electron chi connectivity index (χ1n) is 6.21. The minimum absolute atomic E-state index is 0.133. The Labute approximate surface area is 120 Å². The summed E-state index contributed by atoms with van der Waals surface area (Å²) in [4.78, 5) is 35.0. The second-order valence-electron chi connectivity index (χ2n) is 4.54. The van der Waals surface area contributed by atoms with Gasteiger partial charge in [0.25, 0.3) is 5.56 Å². The van der Waals surface area contributed by atoms with E-state index in [1.807, 2.05) is 0 Å². The number of hydrogen-bond acceptors (Lipinski definition) is 4. The Morgan fingerprint density at radius 2 is 1.95 bits per heavy atom. The van der Waals surface area contributed by atoms with E-state index in [-0.39, 0.29) is 5.82 Å². The molecule has 0 aliphatic heterocycles. The van der Waals surface area contributed by atoms with Crippen molar-refractivity contribution < 1.29 is 9.21 Å². The average molecular weight is 289 g/mol. The Kier molecular flexibility index (Phi) is 3.93. The van der Waals surface area contributed by atoms with Crippen molar-refractivity contribution in [3.05, 3.63) is 56.6 Å². The molecule has 0 saturated carbocycles. The number of aryl methyl sites for hydroxylation is 1. The molecule has 0 aliphatic rings. The molecule has 0 saturated heterocycles. The Hall–Kier alpha value is -2.83. The number of furan rings is 1. The van der Waals surface area contributed by atoms with Gasteiger partial charge in [-0.3, -0.25) is 18.7 Å². The predicted octanol–water partition coefficient (Wildman–Crippen LogP) is 0.637. The Morgan fingerprint density at radius 1 is 1.24 bits per heavy atom. The van der Waals surface area contributed by atoms with Gasteiger partial charge in [0.05, 0.1) is 0 Å². The second kappa shape index (κ2) is 5.66. The lowest BCUT2D eigenvalue weighted by molar-refractivity contribution is -0.111. The van der Waals surface area contributed by atoms with Gasteiger partial charge in [-0.15, -0.1) is 0 Å². The van der Waals surface area contributed by atoms with Crippen molar-refractivity contribution in [2.45, 2.75) is 6.92 Å². The fourth-order valence-electron chi connectivity index (χ4n) is 1.72. The summed E-state index contributed by atoms with van der Waals surface area (Å²) in [6.07, 6.45) is 2.77. The van der Waals surface area contributed by atoms with Crippen molar-refractivity contribution in [3.63, 3.8) is 0 Å². The number of nitrogens with one attached hydrogen (secondary N) is 1. The maximum Gasteiger partial charge on any atom is 0.332 e. The number of anilines is 1. The molecule has 21 heavy (non-hydrogen) atoms. The van der Waals surface area contributed by atoms with Crippen LogP contribution in [-0.4, -0.2) is 15.0 Å². The molecular weight excluding hydrogens is 274 g/mol. The van der Waals surface area contributed by atoms with Crippen LogP contribution in [0, 0.1) is 6.92 Å². The van der Waals surface area contributed by atoms with Crippen LogP contribution in [0.25, 0.3) is 6.08 Å². The van der Waals surface area contributed by atoms with Gasteiger partial charge in [-0.05, 0) is 25.1 Å².